The molecule has 0 bridgehead atoms. The number of amides is 1. The predicted molar refractivity (Wildman–Crippen MR) is 110 cm³/mol. The van der Waals surface area contributed by atoms with Crippen molar-refractivity contribution in [3.8, 4) is 5.69 Å². The summed E-state index contributed by atoms with van der Waals surface area (Å²) in [7, 11) is 5.60. The molecule has 0 atom stereocenters. The van der Waals surface area contributed by atoms with E-state index in [0.717, 1.165) is 28.1 Å². The van der Waals surface area contributed by atoms with Crippen LogP contribution in [0.15, 0.2) is 30.3 Å². The third kappa shape index (κ3) is 4.40. The summed E-state index contributed by atoms with van der Waals surface area (Å²) in [5.74, 6) is -0.300. The topological polar surface area (TPSA) is 50.6 Å². The molecular formula is C20H25FN4O2S. The summed E-state index contributed by atoms with van der Waals surface area (Å²) in [4.78, 5) is 18.5. The molecule has 3 aromatic rings. The molecule has 28 heavy (non-hydrogen) atoms. The molecule has 0 spiro atoms. The quantitative estimate of drug-likeness (QED) is 0.579. The van der Waals surface area contributed by atoms with Crippen molar-refractivity contribution in [2.24, 2.45) is 0 Å². The van der Waals surface area contributed by atoms with Crippen molar-refractivity contribution in [1.82, 2.24) is 19.6 Å². The number of nitrogens with zero attached hydrogens (tertiary/aromatic N) is 4. The molecule has 0 saturated carbocycles. The fourth-order valence-electron chi connectivity index (χ4n) is 2.90. The average Bonchev–Trinajstić information content (AvgIpc) is 3.23. The number of hydrogen-bond acceptors (Lipinski definition) is 5. The molecule has 1 aromatic carbocycles. The van der Waals surface area contributed by atoms with Crippen molar-refractivity contribution < 1.29 is 13.9 Å². The third-order valence-corrected chi connectivity index (χ3v) is 5.59. The van der Waals surface area contributed by atoms with Gasteiger partial charge in [-0.3, -0.25) is 4.79 Å². The molecule has 2 heterocycles. The first-order valence-electron chi connectivity index (χ1n) is 9.08. The zero-order chi connectivity index (χ0) is 20.3. The molecule has 2 aromatic heterocycles. The van der Waals surface area contributed by atoms with Crippen LogP contribution in [0.3, 0.4) is 0 Å². The molecule has 0 radical (unpaired) electrons. The fourth-order valence-corrected chi connectivity index (χ4v) is 4.05. The number of hydrogen-bond donors (Lipinski definition) is 0. The molecule has 0 N–H and O–H groups in total. The van der Waals surface area contributed by atoms with Crippen molar-refractivity contribution in [2.45, 2.75) is 6.92 Å². The standard InChI is InChI=1S/C20H25FN4O2S/c1-14-17-13-18(19(26)24(11-12-27-4)10-9-23(2)3)28-20(17)25(22-14)16-7-5-15(21)6-8-16/h5-8,13H,9-12H2,1-4H3. The van der Waals surface area contributed by atoms with Crippen LogP contribution >= 0.6 is 11.3 Å². The van der Waals surface area contributed by atoms with Gasteiger partial charge in [-0.15, -0.1) is 11.3 Å². The molecule has 0 fully saturated rings. The molecule has 150 valence electrons. The van der Waals surface area contributed by atoms with Gasteiger partial charge in [0.1, 0.15) is 10.6 Å². The number of carbonyl (C=O) groups is 1. The first kappa shape index (κ1) is 20.4. The van der Waals surface area contributed by atoms with Crippen molar-refractivity contribution in [3.63, 3.8) is 0 Å². The van der Waals surface area contributed by atoms with Gasteiger partial charge in [0.2, 0.25) is 0 Å². The number of thiophene rings is 1. The maximum atomic E-state index is 13.3. The number of ether oxygens (including phenoxy) is 1. The third-order valence-electron chi connectivity index (χ3n) is 4.50. The molecule has 0 aliphatic heterocycles. The van der Waals surface area contributed by atoms with E-state index in [1.165, 1.54) is 23.5 Å². The second-order valence-electron chi connectivity index (χ2n) is 6.89. The molecule has 3 rings (SSSR count). The Morgan fingerprint density at radius 1 is 1.21 bits per heavy atom. The minimum atomic E-state index is -0.291. The Kier molecular flexibility index (Phi) is 6.43. The molecule has 8 heteroatoms. The first-order chi connectivity index (χ1) is 13.4. The highest BCUT2D eigenvalue weighted by Crippen LogP contribution is 2.31. The van der Waals surface area contributed by atoms with Gasteiger partial charge in [0.15, 0.2) is 0 Å². The molecule has 0 unspecified atom stereocenters. The lowest BCUT2D eigenvalue weighted by Gasteiger charge is -2.23. The maximum absolute atomic E-state index is 13.3. The molecule has 6 nitrogen and oxygen atoms in total. The summed E-state index contributed by atoms with van der Waals surface area (Å²) in [6.07, 6.45) is 0. The summed E-state index contributed by atoms with van der Waals surface area (Å²) in [5.41, 5.74) is 1.61. The number of carbonyl (C=O) groups excluding carboxylic acids is 1. The monoisotopic (exact) mass is 404 g/mol. The van der Waals surface area contributed by atoms with Crippen molar-refractivity contribution in [3.05, 3.63) is 46.7 Å². The van der Waals surface area contributed by atoms with E-state index in [0.29, 0.717) is 24.6 Å². The lowest BCUT2D eigenvalue weighted by Crippen LogP contribution is -2.38. The Bertz CT molecular complexity index is 949. The minimum absolute atomic E-state index is 0.00911. The highest BCUT2D eigenvalue weighted by Gasteiger charge is 2.21. The minimum Gasteiger partial charge on any atom is -0.383 e. The van der Waals surface area contributed by atoms with Gasteiger partial charge in [-0.05, 0) is 51.4 Å². The van der Waals surface area contributed by atoms with Crippen LogP contribution in [-0.2, 0) is 4.74 Å². The van der Waals surface area contributed by atoms with E-state index in [4.69, 9.17) is 4.74 Å². The van der Waals surface area contributed by atoms with E-state index in [9.17, 15) is 9.18 Å². The van der Waals surface area contributed by atoms with Crippen LogP contribution in [0.5, 0.6) is 0 Å². The van der Waals surface area contributed by atoms with E-state index >= 15 is 0 Å². The number of methoxy groups -OCH3 is 1. The number of halogens is 1. The molecule has 0 aliphatic carbocycles. The van der Waals surface area contributed by atoms with Crippen molar-refractivity contribution in [1.29, 1.82) is 0 Å². The molecule has 1 amide bonds. The Morgan fingerprint density at radius 3 is 2.57 bits per heavy atom. The smallest absolute Gasteiger partial charge is 0.264 e. The van der Waals surface area contributed by atoms with Gasteiger partial charge in [-0.1, -0.05) is 0 Å². The van der Waals surface area contributed by atoms with E-state index in [2.05, 4.69) is 10.00 Å². The van der Waals surface area contributed by atoms with Crippen LogP contribution in [0, 0.1) is 12.7 Å². The number of fused-ring (bicyclic) bond motifs is 1. The van der Waals surface area contributed by atoms with Crippen LogP contribution in [-0.4, -0.2) is 72.9 Å². The van der Waals surface area contributed by atoms with Crippen LogP contribution in [0.1, 0.15) is 15.4 Å². The first-order valence-corrected chi connectivity index (χ1v) is 9.90. The van der Waals surface area contributed by atoms with E-state index in [1.807, 2.05) is 32.0 Å². The summed E-state index contributed by atoms with van der Waals surface area (Å²) in [6.45, 7) is 4.36. The lowest BCUT2D eigenvalue weighted by atomic mass is 10.3. The van der Waals surface area contributed by atoms with Crippen molar-refractivity contribution >= 4 is 27.5 Å². The highest BCUT2D eigenvalue weighted by atomic mass is 32.1. The zero-order valence-corrected chi connectivity index (χ0v) is 17.4. The number of aryl methyl sites for hydroxylation is 1. The largest absolute Gasteiger partial charge is 0.383 e. The molecular weight excluding hydrogens is 379 g/mol. The molecule has 0 saturated heterocycles. The number of aromatic nitrogens is 2. The van der Waals surface area contributed by atoms with E-state index in [1.54, 1.807) is 23.9 Å². The van der Waals surface area contributed by atoms with Gasteiger partial charge < -0.3 is 14.5 Å². The normalized spacial score (nSPS) is 11.5. The maximum Gasteiger partial charge on any atom is 0.264 e. The van der Waals surface area contributed by atoms with Gasteiger partial charge >= 0.3 is 0 Å². The van der Waals surface area contributed by atoms with E-state index < -0.39 is 0 Å². The second kappa shape index (κ2) is 8.81. The number of likely N-dealkylation sites (N-methyl/N-ethyl adjacent to an activating group) is 1. The molecule has 0 aliphatic rings. The number of benzene rings is 1. The highest BCUT2D eigenvalue weighted by molar-refractivity contribution is 7.20. The Balaban J connectivity index is 1.92. The Hall–Kier alpha value is -2.29. The SMILES string of the molecule is COCCN(CCN(C)C)C(=O)c1cc2c(C)nn(-c3ccc(F)cc3)c2s1. The summed E-state index contributed by atoms with van der Waals surface area (Å²) in [6, 6.07) is 8.09. The Morgan fingerprint density at radius 2 is 1.93 bits per heavy atom. The Labute approximate surface area is 168 Å². The predicted octanol–water partition coefficient (Wildman–Crippen LogP) is 3.18. The van der Waals surface area contributed by atoms with Gasteiger partial charge in [0, 0.05) is 32.1 Å². The zero-order valence-electron chi connectivity index (χ0n) is 16.6. The van der Waals surface area contributed by atoms with Gasteiger partial charge in [-0.2, -0.15) is 5.10 Å². The summed E-state index contributed by atoms with van der Waals surface area (Å²) < 4.78 is 20.2. The number of rotatable bonds is 8. The second-order valence-corrected chi connectivity index (χ2v) is 7.92. The fraction of sp³-hybridized carbons (Fsp3) is 0.400. The van der Waals surface area contributed by atoms with Gasteiger partial charge in [-0.25, -0.2) is 9.07 Å². The lowest BCUT2D eigenvalue weighted by molar-refractivity contribution is 0.0688. The van der Waals surface area contributed by atoms with Crippen LogP contribution in [0.4, 0.5) is 4.39 Å². The van der Waals surface area contributed by atoms with E-state index in [-0.39, 0.29) is 11.7 Å². The van der Waals surface area contributed by atoms with Gasteiger partial charge in [0.25, 0.3) is 5.91 Å². The summed E-state index contributed by atoms with van der Waals surface area (Å²) in [5, 5.41) is 5.50. The average molecular weight is 405 g/mol. The van der Waals surface area contributed by atoms with Crippen LogP contribution in [0.2, 0.25) is 0 Å². The van der Waals surface area contributed by atoms with Crippen LogP contribution < -0.4 is 0 Å². The summed E-state index contributed by atoms with van der Waals surface area (Å²) >= 11 is 1.41. The van der Waals surface area contributed by atoms with Crippen molar-refractivity contribution in [2.75, 3.05) is 47.4 Å². The van der Waals surface area contributed by atoms with Crippen LogP contribution in [0.25, 0.3) is 15.9 Å². The van der Waals surface area contributed by atoms with Gasteiger partial charge in [0.05, 0.1) is 22.9 Å².